The molecule has 3 atom stereocenters. The number of carboxylic acid groups (broad SMARTS) is 1. The van der Waals surface area contributed by atoms with Crippen molar-refractivity contribution in [2.75, 3.05) is 6.54 Å². The minimum atomic E-state index is -5.45. The number of hydrogen-bond acceptors (Lipinski definition) is 7. The first-order chi connectivity index (χ1) is 16.4. The Morgan fingerprint density at radius 2 is 1.44 bits per heavy atom. The summed E-state index contributed by atoms with van der Waals surface area (Å²) in [6, 6.07) is 3.05. The Morgan fingerprint density at radius 1 is 0.972 bits per heavy atom. The van der Waals surface area contributed by atoms with Crippen molar-refractivity contribution >= 4 is 29.2 Å². The van der Waals surface area contributed by atoms with Crippen LogP contribution in [-0.4, -0.2) is 58.6 Å². The van der Waals surface area contributed by atoms with E-state index in [-0.39, 0.29) is 11.1 Å². The van der Waals surface area contributed by atoms with Gasteiger partial charge in [0.05, 0.1) is 6.04 Å². The second kappa shape index (κ2) is 11.3. The van der Waals surface area contributed by atoms with E-state index in [1.54, 1.807) is 0 Å². The maximum Gasteiger partial charge on any atom is 0.452 e. The van der Waals surface area contributed by atoms with Gasteiger partial charge in [0.25, 0.3) is 11.7 Å². The molecule has 6 N–H and O–H groups in total. The molecule has 0 aliphatic carbocycles. The lowest BCUT2D eigenvalue weighted by molar-refractivity contribution is -0.184. The fourth-order valence-electron chi connectivity index (χ4n) is 4.18. The SMILES string of the molecule is CCC(C(=O)c1ccc(C(=O)NCC(=O)O)cc1)(C(=O)[C@@H](N)C(C)C)C(N)(C(=O)C(F)(F)F)C(C)C. The van der Waals surface area contributed by atoms with Gasteiger partial charge >= 0.3 is 12.1 Å². The van der Waals surface area contributed by atoms with Crippen LogP contribution in [0.4, 0.5) is 13.2 Å². The number of alkyl halides is 3. The van der Waals surface area contributed by atoms with E-state index in [2.05, 4.69) is 5.32 Å². The van der Waals surface area contributed by atoms with Crippen molar-refractivity contribution in [1.82, 2.24) is 5.32 Å². The van der Waals surface area contributed by atoms with E-state index in [1.807, 2.05) is 0 Å². The minimum Gasteiger partial charge on any atom is -0.480 e. The van der Waals surface area contributed by atoms with Crippen LogP contribution in [0.1, 0.15) is 61.8 Å². The van der Waals surface area contributed by atoms with Gasteiger partial charge in [-0.15, -0.1) is 0 Å². The molecule has 12 heteroatoms. The van der Waals surface area contributed by atoms with Crippen molar-refractivity contribution in [1.29, 1.82) is 0 Å². The second-order valence-corrected chi connectivity index (χ2v) is 9.23. The summed E-state index contributed by atoms with van der Waals surface area (Å²) in [6.45, 7) is 6.12. The Bertz CT molecular complexity index is 1020. The number of amides is 1. The van der Waals surface area contributed by atoms with Gasteiger partial charge in [0.15, 0.2) is 11.6 Å². The summed E-state index contributed by atoms with van der Waals surface area (Å²) in [5.74, 6) is -8.62. The highest BCUT2D eigenvalue weighted by Crippen LogP contribution is 2.46. The monoisotopic (exact) mass is 515 g/mol. The number of benzene rings is 1. The molecule has 200 valence electrons. The summed E-state index contributed by atoms with van der Waals surface area (Å²) in [4.78, 5) is 63.1. The van der Waals surface area contributed by atoms with Crippen molar-refractivity contribution in [2.24, 2.45) is 28.7 Å². The number of ketones is 3. The molecule has 0 aromatic heterocycles. The van der Waals surface area contributed by atoms with E-state index in [9.17, 15) is 37.1 Å². The normalized spacial score (nSPS) is 16.1. The van der Waals surface area contributed by atoms with Crippen LogP contribution in [0, 0.1) is 17.3 Å². The molecule has 2 unspecified atom stereocenters. The van der Waals surface area contributed by atoms with Crippen LogP contribution in [-0.2, 0) is 14.4 Å². The smallest absolute Gasteiger partial charge is 0.452 e. The highest BCUT2D eigenvalue weighted by atomic mass is 19.4. The standard InChI is InChI=1S/C24H32F3N3O6/c1-6-22(19(34)17(28)12(2)3,23(29,13(4)5)21(36)24(25,26)27)18(33)14-7-9-15(10-8-14)20(35)30-11-16(31)32/h7-10,12-13,17H,6,11,28-29H2,1-5H3,(H,30,35)(H,31,32)/t17-,22?,23?/m0/s1. The number of carbonyl (C=O) groups excluding carboxylic acids is 4. The zero-order valence-electron chi connectivity index (χ0n) is 20.7. The van der Waals surface area contributed by atoms with Crippen LogP contribution in [0.25, 0.3) is 0 Å². The first kappa shape index (κ1) is 30.9. The Balaban J connectivity index is 3.82. The topological polar surface area (TPSA) is 170 Å². The van der Waals surface area contributed by atoms with Crippen LogP contribution in [0.5, 0.6) is 0 Å². The molecule has 1 aromatic rings. The summed E-state index contributed by atoms with van der Waals surface area (Å²) < 4.78 is 41.3. The molecule has 1 aromatic carbocycles. The summed E-state index contributed by atoms with van der Waals surface area (Å²) in [6.07, 6.45) is -6.00. The highest BCUT2D eigenvalue weighted by molar-refractivity contribution is 6.21. The average Bonchev–Trinajstić information content (AvgIpc) is 2.80. The maximum atomic E-state index is 13.9. The van der Waals surface area contributed by atoms with Crippen LogP contribution in [0.15, 0.2) is 24.3 Å². The van der Waals surface area contributed by atoms with Gasteiger partial charge < -0.3 is 21.9 Å². The average molecular weight is 516 g/mol. The van der Waals surface area contributed by atoms with Gasteiger partial charge in [0.1, 0.15) is 17.5 Å². The molecule has 0 saturated heterocycles. The summed E-state index contributed by atoms with van der Waals surface area (Å²) in [7, 11) is 0. The molecule has 0 aliphatic rings. The number of Topliss-reactive ketones (excluding diaryl/α,β-unsaturated/α-hetero) is 3. The Hall–Kier alpha value is -3.12. The molecule has 0 fully saturated rings. The number of aliphatic carboxylic acids is 1. The van der Waals surface area contributed by atoms with Crippen LogP contribution >= 0.6 is 0 Å². The van der Waals surface area contributed by atoms with E-state index in [0.717, 1.165) is 24.3 Å². The van der Waals surface area contributed by atoms with Gasteiger partial charge in [-0.25, -0.2) is 0 Å². The molecule has 0 bridgehead atoms. The lowest BCUT2D eigenvalue weighted by atomic mass is 9.54. The van der Waals surface area contributed by atoms with Crippen molar-refractivity contribution < 1.29 is 42.3 Å². The molecule has 9 nitrogen and oxygen atoms in total. The van der Waals surface area contributed by atoms with E-state index < -0.39 is 77.2 Å². The van der Waals surface area contributed by atoms with Gasteiger partial charge in [0, 0.05) is 11.1 Å². The maximum absolute atomic E-state index is 13.9. The van der Waals surface area contributed by atoms with Gasteiger partial charge in [-0.3, -0.25) is 24.0 Å². The number of nitrogens with two attached hydrogens (primary N) is 2. The highest BCUT2D eigenvalue weighted by Gasteiger charge is 2.68. The Labute approximate surface area is 206 Å². The summed E-state index contributed by atoms with van der Waals surface area (Å²) in [5.41, 5.74) is 6.22. The Kier molecular flexibility index (Phi) is 9.70. The summed E-state index contributed by atoms with van der Waals surface area (Å²) in [5, 5.41) is 10.8. The molecular formula is C24H32F3N3O6. The van der Waals surface area contributed by atoms with E-state index >= 15 is 0 Å². The quantitative estimate of drug-likeness (QED) is 0.242. The number of carbonyl (C=O) groups is 5. The van der Waals surface area contributed by atoms with Gasteiger partial charge in [-0.05, 0) is 30.4 Å². The predicted octanol–water partition coefficient (Wildman–Crippen LogP) is 2.12. The van der Waals surface area contributed by atoms with Gasteiger partial charge in [0.2, 0.25) is 0 Å². The van der Waals surface area contributed by atoms with Gasteiger partial charge in [-0.1, -0.05) is 46.8 Å². The molecule has 0 spiro atoms. The molecule has 0 aliphatic heterocycles. The molecule has 0 heterocycles. The van der Waals surface area contributed by atoms with E-state index in [0.29, 0.717) is 0 Å². The van der Waals surface area contributed by atoms with Crippen LogP contribution < -0.4 is 16.8 Å². The number of hydrogen-bond donors (Lipinski definition) is 4. The minimum absolute atomic E-state index is 0.0469. The molecule has 1 amide bonds. The summed E-state index contributed by atoms with van der Waals surface area (Å²) >= 11 is 0. The third-order valence-electron chi connectivity index (χ3n) is 6.42. The third kappa shape index (κ3) is 5.65. The lowest BCUT2D eigenvalue weighted by Gasteiger charge is -2.48. The number of rotatable bonds is 12. The first-order valence-corrected chi connectivity index (χ1v) is 11.2. The van der Waals surface area contributed by atoms with Crippen LogP contribution in [0.3, 0.4) is 0 Å². The number of nitrogens with one attached hydrogen (secondary N) is 1. The number of halogens is 3. The number of carboxylic acids is 1. The van der Waals surface area contributed by atoms with Gasteiger partial charge in [-0.2, -0.15) is 13.2 Å². The Morgan fingerprint density at radius 3 is 1.81 bits per heavy atom. The van der Waals surface area contributed by atoms with Crippen molar-refractivity contribution in [2.45, 2.75) is 58.8 Å². The van der Waals surface area contributed by atoms with Crippen molar-refractivity contribution in [3.05, 3.63) is 35.4 Å². The fourth-order valence-corrected chi connectivity index (χ4v) is 4.18. The van der Waals surface area contributed by atoms with E-state index in [4.69, 9.17) is 16.6 Å². The zero-order valence-corrected chi connectivity index (χ0v) is 20.7. The first-order valence-electron chi connectivity index (χ1n) is 11.2. The largest absolute Gasteiger partial charge is 0.480 e. The zero-order chi connectivity index (χ0) is 28.2. The molecule has 0 saturated carbocycles. The molecular weight excluding hydrogens is 483 g/mol. The molecule has 1 rings (SSSR count). The predicted molar refractivity (Wildman–Crippen MR) is 124 cm³/mol. The lowest BCUT2D eigenvalue weighted by Crippen LogP contribution is -2.74. The third-order valence-corrected chi connectivity index (χ3v) is 6.42. The van der Waals surface area contributed by atoms with Crippen molar-refractivity contribution in [3.8, 4) is 0 Å². The second-order valence-electron chi connectivity index (χ2n) is 9.23. The van der Waals surface area contributed by atoms with Crippen molar-refractivity contribution in [3.63, 3.8) is 0 Å². The fraction of sp³-hybridized carbons (Fsp3) is 0.542. The van der Waals surface area contributed by atoms with E-state index in [1.165, 1.54) is 34.6 Å². The van der Waals surface area contributed by atoms with Crippen LogP contribution in [0.2, 0.25) is 0 Å². The molecule has 36 heavy (non-hydrogen) atoms. The molecule has 0 radical (unpaired) electrons.